The fraction of sp³-hybridized carbons (Fsp3) is 0.500. The summed E-state index contributed by atoms with van der Waals surface area (Å²) in [5, 5.41) is 3.12. The van der Waals surface area contributed by atoms with E-state index in [0.29, 0.717) is 23.6 Å². The number of carbonyl (C=O) groups excluding carboxylic acids is 2. The Bertz CT molecular complexity index is 1260. The Labute approximate surface area is 225 Å². The van der Waals surface area contributed by atoms with Crippen LogP contribution in [0.1, 0.15) is 57.1 Å². The molecule has 10 heteroatoms. The lowest BCUT2D eigenvalue weighted by molar-refractivity contribution is -0.140. The molecule has 1 saturated carbocycles. The van der Waals surface area contributed by atoms with E-state index < -0.39 is 28.5 Å². The van der Waals surface area contributed by atoms with Gasteiger partial charge in [0.1, 0.15) is 12.6 Å². The molecule has 2 aromatic carbocycles. The highest BCUT2D eigenvalue weighted by Crippen LogP contribution is 2.36. The van der Waals surface area contributed by atoms with Gasteiger partial charge in [0.25, 0.3) is 0 Å². The summed E-state index contributed by atoms with van der Waals surface area (Å²) in [6, 6.07) is 11.9. The van der Waals surface area contributed by atoms with E-state index in [1.165, 1.54) is 11.8 Å². The highest BCUT2D eigenvalue weighted by molar-refractivity contribution is 7.92. The Balaban J connectivity index is 1.65. The lowest BCUT2D eigenvalue weighted by Gasteiger charge is -2.33. The molecular formula is C28H37N3O6S. The van der Waals surface area contributed by atoms with Gasteiger partial charge in [-0.25, -0.2) is 8.42 Å². The van der Waals surface area contributed by atoms with Gasteiger partial charge in [-0.05, 0) is 50.8 Å². The second-order valence-electron chi connectivity index (χ2n) is 9.87. The van der Waals surface area contributed by atoms with Crippen LogP contribution in [0.5, 0.6) is 11.5 Å². The number of carbonyl (C=O) groups is 2. The minimum absolute atomic E-state index is 0.0524. The standard InChI is InChI=1S/C28H37N3O6S/c1-4-24(28(33)29-22-11-6-7-12-22)30(17-21-10-8-9-20(3)15-21)27(32)18-31(38(34,35)5-2)23-13-14-25-26(16-23)37-19-36-25/h8-10,13-16,22,24H,4-7,11-12,17-19H2,1-3H3,(H,29,33)/t24-/m0/s1. The van der Waals surface area contributed by atoms with Gasteiger partial charge < -0.3 is 19.7 Å². The van der Waals surface area contributed by atoms with E-state index in [9.17, 15) is 18.0 Å². The number of sulfonamides is 1. The van der Waals surface area contributed by atoms with Crippen molar-refractivity contribution in [2.24, 2.45) is 0 Å². The monoisotopic (exact) mass is 543 g/mol. The van der Waals surface area contributed by atoms with E-state index in [-0.39, 0.29) is 31.0 Å². The van der Waals surface area contributed by atoms with Crippen LogP contribution < -0.4 is 19.1 Å². The van der Waals surface area contributed by atoms with E-state index in [1.807, 2.05) is 38.1 Å². The number of aryl methyl sites for hydroxylation is 1. The van der Waals surface area contributed by atoms with Gasteiger partial charge >= 0.3 is 0 Å². The molecule has 1 N–H and O–H groups in total. The fourth-order valence-corrected chi connectivity index (χ4v) is 6.11. The van der Waals surface area contributed by atoms with Crippen LogP contribution in [0, 0.1) is 6.92 Å². The summed E-state index contributed by atoms with van der Waals surface area (Å²) >= 11 is 0. The summed E-state index contributed by atoms with van der Waals surface area (Å²) in [5.41, 5.74) is 2.22. The maximum absolute atomic E-state index is 13.9. The number of hydrogen-bond donors (Lipinski definition) is 1. The van der Waals surface area contributed by atoms with Crippen LogP contribution in [0.3, 0.4) is 0 Å². The summed E-state index contributed by atoms with van der Waals surface area (Å²) in [7, 11) is -3.82. The lowest BCUT2D eigenvalue weighted by Crippen LogP contribution is -2.53. The summed E-state index contributed by atoms with van der Waals surface area (Å²) in [6.07, 6.45) is 4.42. The summed E-state index contributed by atoms with van der Waals surface area (Å²) < 4.78 is 38.2. The molecule has 38 heavy (non-hydrogen) atoms. The number of rotatable bonds is 11. The normalized spacial score (nSPS) is 15.8. The maximum Gasteiger partial charge on any atom is 0.244 e. The van der Waals surface area contributed by atoms with Crippen LogP contribution >= 0.6 is 0 Å². The van der Waals surface area contributed by atoms with E-state index in [2.05, 4.69) is 5.32 Å². The third-order valence-electron chi connectivity index (χ3n) is 7.15. The highest BCUT2D eigenvalue weighted by Gasteiger charge is 2.34. The quantitative estimate of drug-likeness (QED) is 0.463. The Hall–Kier alpha value is -3.27. The smallest absolute Gasteiger partial charge is 0.244 e. The number of amides is 2. The SMILES string of the molecule is CC[C@@H](C(=O)NC1CCCC1)N(Cc1cccc(C)c1)C(=O)CN(c1ccc2c(c1)OCO2)S(=O)(=O)CC. The highest BCUT2D eigenvalue weighted by atomic mass is 32.2. The average Bonchev–Trinajstić information content (AvgIpc) is 3.58. The van der Waals surface area contributed by atoms with Crippen molar-refractivity contribution in [3.05, 3.63) is 53.6 Å². The Morgan fingerprint density at radius 2 is 1.79 bits per heavy atom. The van der Waals surface area contributed by atoms with Crippen molar-refractivity contribution in [1.82, 2.24) is 10.2 Å². The topological polar surface area (TPSA) is 105 Å². The van der Waals surface area contributed by atoms with E-state index in [1.54, 1.807) is 18.2 Å². The van der Waals surface area contributed by atoms with Crippen LogP contribution in [0.15, 0.2) is 42.5 Å². The number of hydrogen-bond acceptors (Lipinski definition) is 6. The number of anilines is 1. The molecule has 0 bridgehead atoms. The van der Waals surface area contributed by atoms with Gasteiger partial charge in [-0.1, -0.05) is 49.6 Å². The molecule has 9 nitrogen and oxygen atoms in total. The molecule has 2 aromatic rings. The number of ether oxygens (including phenoxy) is 2. The van der Waals surface area contributed by atoms with Gasteiger partial charge in [0, 0.05) is 18.7 Å². The van der Waals surface area contributed by atoms with E-state index in [4.69, 9.17) is 9.47 Å². The predicted octanol–water partition coefficient (Wildman–Crippen LogP) is 3.75. The molecule has 0 radical (unpaired) electrons. The molecule has 0 spiro atoms. The van der Waals surface area contributed by atoms with Crippen molar-refractivity contribution in [3.63, 3.8) is 0 Å². The Morgan fingerprint density at radius 3 is 2.47 bits per heavy atom. The first-order chi connectivity index (χ1) is 18.2. The van der Waals surface area contributed by atoms with Crippen LogP contribution in [0.4, 0.5) is 5.69 Å². The Morgan fingerprint density at radius 1 is 1.05 bits per heavy atom. The molecule has 2 aliphatic rings. The molecule has 4 rings (SSSR count). The summed E-state index contributed by atoms with van der Waals surface area (Å²) in [5.74, 6) is 0.101. The zero-order valence-electron chi connectivity index (χ0n) is 22.3. The molecule has 1 atom stereocenters. The van der Waals surface area contributed by atoms with E-state index in [0.717, 1.165) is 41.1 Å². The van der Waals surface area contributed by atoms with Gasteiger partial charge in [0.15, 0.2) is 11.5 Å². The van der Waals surface area contributed by atoms with Crippen molar-refractivity contribution < 1.29 is 27.5 Å². The first kappa shape index (κ1) is 27.8. The molecular weight excluding hydrogens is 506 g/mol. The zero-order valence-corrected chi connectivity index (χ0v) is 23.1. The molecule has 1 fully saturated rings. The third-order valence-corrected chi connectivity index (χ3v) is 8.89. The molecule has 2 amide bonds. The average molecular weight is 544 g/mol. The van der Waals surface area contributed by atoms with Crippen LogP contribution in [-0.4, -0.2) is 56.3 Å². The molecule has 0 saturated heterocycles. The van der Waals surface area contributed by atoms with Crippen molar-refractivity contribution in [1.29, 1.82) is 0 Å². The first-order valence-corrected chi connectivity index (χ1v) is 14.9. The minimum Gasteiger partial charge on any atom is -0.454 e. The number of benzene rings is 2. The maximum atomic E-state index is 13.9. The molecule has 1 heterocycles. The molecule has 0 unspecified atom stereocenters. The lowest BCUT2D eigenvalue weighted by atomic mass is 10.1. The van der Waals surface area contributed by atoms with Crippen molar-refractivity contribution in [3.8, 4) is 11.5 Å². The van der Waals surface area contributed by atoms with Gasteiger partial charge in [0.05, 0.1) is 11.4 Å². The zero-order chi connectivity index (χ0) is 27.3. The van der Waals surface area contributed by atoms with Gasteiger partial charge in [-0.2, -0.15) is 0 Å². The van der Waals surface area contributed by atoms with Gasteiger partial charge in [-0.3, -0.25) is 13.9 Å². The second-order valence-corrected chi connectivity index (χ2v) is 12.1. The fourth-order valence-electron chi connectivity index (χ4n) is 5.05. The van der Waals surface area contributed by atoms with Crippen LogP contribution in [-0.2, 0) is 26.2 Å². The number of nitrogens with zero attached hydrogens (tertiary/aromatic N) is 2. The van der Waals surface area contributed by atoms with Crippen LogP contribution in [0.2, 0.25) is 0 Å². The van der Waals surface area contributed by atoms with Crippen LogP contribution in [0.25, 0.3) is 0 Å². The van der Waals surface area contributed by atoms with Crippen molar-refractivity contribution in [2.45, 2.75) is 71.5 Å². The van der Waals surface area contributed by atoms with Gasteiger partial charge in [0.2, 0.25) is 28.6 Å². The molecule has 0 aromatic heterocycles. The molecule has 206 valence electrons. The number of nitrogens with one attached hydrogen (secondary N) is 1. The second kappa shape index (κ2) is 12.1. The number of fused-ring (bicyclic) bond motifs is 1. The predicted molar refractivity (Wildman–Crippen MR) is 146 cm³/mol. The largest absolute Gasteiger partial charge is 0.454 e. The first-order valence-electron chi connectivity index (χ1n) is 13.3. The van der Waals surface area contributed by atoms with E-state index >= 15 is 0 Å². The summed E-state index contributed by atoms with van der Waals surface area (Å²) in [4.78, 5) is 28.9. The summed E-state index contributed by atoms with van der Waals surface area (Å²) in [6.45, 7) is 5.18. The molecule has 1 aliphatic carbocycles. The minimum atomic E-state index is -3.82. The third kappa shape index (κ3) is 6.40. The van der Waals surface area contributed by atoms with Crippen molar-refractivity contribution >= 4 is 27.5 Å². The molecule has 1 aliphatic heterocycles. The Kier molecular flexibility index (Phi) is 8.81. The van der Waals surface area contributed by atoms with Gasteiger partial charge in [-0.15, -0.1) is 0 Å². The van der Waals surface area contributed by atoms with Crippen molar-refractivity contribution in [2.75, 3.05) is 23.4 Å².